The molecule has 0 radical (unpaired) electrons. The summed E-state index contributed by atoms with van der Waals surface area (Å²) in [4.78, 5) is 13.7. The molecule has 0 saturated carbocycles. The van der Waals surface area contributed by atoms with Gasteiger partial charge in [-0.25, -0.2) is 13.1 Å². The van der Waals surface area contributed by atoms with Gasteiger partial charge in [-0.1, -0.05) is 59.9 Å². The van der Waals surface area contributed by atoms with Crippen LogP contribution in [0, 0.1) is 0 Å². The standard InChI is InChI=1S/C19H18Cl3N5O3S/c1-2-16(25-31(29,30)18-9-4-3-6-15(18)22)17(28)11-27-24-19(23-26-27)10-12-13(20)7-5-8-14(12)21/h3-9,16,25H,2,10-11H2,1H3. The molecule has 0 bridgehead atoms. The van der Waals surface area contributed by atoms with Gasteiger partial charge in [0, 0.05) is 16.5 Å². The van der Waals surface area contributed by atoms with Crippen molar-refractivity contribution in [1.82, 2.24) is 24.9 Å². The number of Topliss-reactive ketones (excluding diaryl/α,β-unsaturated/α-hetero) is 1. The fraction of sp³-hybridized carbons (Fsp3) is 0.263. The highest BCUT2D eigenvalue weighted by Gasteiger charge is 2.26. The van der Waals surface area contributed by atoms with Crippen molar-refractivity contribution in [3.63, 3.8) is 0 Å². The average Bonchev–Trinajstić information content (AvgIpc) is 3.16. The highest BCUT2D eigenvalue weighted by molar-refractivity contribution is 7.89. The van der Waals surface area contributed by atoms with Crippen molar-refractivity contribution < 1.29 is 13.2 Å². The van der Waals surface area contributed by atoms with E-state index in [0.29, 0.717) is 21.4 Å². The molecule has 1 N–H and O–H groups in total. The lowest BCUT2D eigenvalue weighted by atomic mass is 10.1. The first-order valence-electron chi connectivity index (χ1n) is 9.20. The van der Waals surface area contributed by atoms with E-state index in [1.165, 1.54) is 12.1 Å². The number of benzene rings is 2. The molecule has 8 nitrogen and oxygen atoms in total. The normalized spacial score (nSPS) is 12.6. The van der Waals surface area contributed by atoms with E-state index in [1.807, 2.05) is 0 Å². The second kappa shape index (κ2) is 10.1. The van der Waals surface area contributed by atoms with Gasteiger partial charge >= 0.3 is 0 Å². The number of rotatable bonds is 9. The molecule has 3 rings (SSSR count). The first kappa shape index (κ1) is 23.6. The quantitative estimate of drug-likeness (QED) is 0.479. The number of nitrogens with zero attached hydrogens (tertiary/aromatic N) is 4. The van der Waals surface area contributed by atoms with E-state index in [2.05, 4.69) is 20.1 Å². The van der Waals surface area contributed by atoms with Crippen LogP contribution in [0.3, 0.4) is 0 Å². The second-order valence-electron chi connectivity index (χ2n) is 6.59. The van der Waals surface area contributed by atoms with E-state index >= 15 is 0 Å². The summed E-state index contributed by atoms with van der Waals surface area (Å²) < 4.78 is 27.7. The van der Waals surface area contributed by atoms with Crippen LogP contribution in [-0.4, -0.2) is 40.5 Å². The first-order chi connectivity index (χ1) is 14.7. The topological polar surface area (TPSA) is 107 Å². The predicted octanol–water partition coefficient (Wildman–Crippen LogP) is 3.55. The van der Waals surface area contributed by atoms with Crippen LogP contribution in [0.25, 0.3) is 0 Å². The molecule has 3 aromatic rings. The lowest BCUT2D eigenvalue weighted by Crippen LogP contribution is -2.42. The molecular formula is C19H18Cl3N5O3S. The highest BCUT2D eigenvalue weighted by Crippen LogP contribution is 2.26. The molecule has 0 aliphatic carbocycles. The summed E-state index contributed by atoms with van der Waals surface area (Å²) in [6.07, 6.45) is 0.475. The minimum atomic E-state index is -3.98. The number of tetrazole rings is 1. The molecule has 0 aliphatic rings. The van der Waals surface area contributed by atoms with E-state index in [-0.39, 0.29) is 29.3 Å². The minimum Gasteiger partial charge on any atom is -0.296 e. The van der Waals surface area contributed by atoms with E-state index in [9.17, 15) is 13.2 Å². The maximum atomic E-state index is 12.7. The van der Waals surface area contributed by atoms with Crippen molar-refractivity contribution in [2.24, 2.45) is 0 Å². The van der Waals surface area contributed by atoms with Gasteiger partial charge in [0.1, 0.15) is 11.4 Å². The summed E-state index contributed by atoms with van der Waals surface area (Å²) in [6.45, 7) is 1.43. The Morgan fingerprint density at radius 1 is 1.06 bits per heavy atom. The molecule has 2 aromatic carbocycles. The lowest BCUT2D eigenvalue weighted by Gasteiger charge is -2.16. The molecule has 12 heteroatoms. The van der Waals surface area contributed by atoms with Crippen LogP contribution in [0.2, 0.25) is 15.1 Å². The largest absolute Gasteiger partial charge is 0.296 e. The van der Waals surface area contributed by atoms with Crippen molar-refractivity contribution in [3.05, 3.63) is 68.9 Å². The number of halogens is 3. The Kier molecular flexibility index (Phi) is 7.66. The third-order valence-electron chi connectivity index (χ3n) is 4.41. The Morgan fingerprint density at radius 3 is 2.35 bits per heavy atom. The van der Waals surface area contributed by atoms with Crippen LogP contribution in [-0.2, 0) is 27.8 Å². The Morgan fingerprint density at radius 2 is 1.71 bits per heavy atom. The fourth-order valence-corrected chi connectivity index (χ4v) is 5.17. The number of carbonyl (C=O) groups excluding carboxylic acids is 1. The van der Waals surface area contributed by atoms with Crippen LogP contribution >= 0.6 is 34.8 Å². The van der Waals surface area contributed by atoms with Crippen LogP contribution in [0.5, 0.6) is 0 Å². The summed E-state index contributed by atoms with van der Waals surface area (Å²) >= 11 is 18.3. The Hall–Kier alpha value is -2.04. The van der Waals surface area contributed by atoms with E-state index in [4.69, 9.17) is 34.8 Å². The van der Waals surface area contributed by atoms with E-state index in [1.54, 1.807) is 37.3 Å². The fourth-order valence-electron chi connectivity index (χ4n) is 2.81. The monoisotopic (exact) mass is 501 g/mol. The van der Waals surface area contributed by atoms with Crippen molar-refractivity contribution in [1.29, 1.82) is 0 Å². The maximum Gasteiger partial charge on any atom is 0.242 e. The molecule has 1 heterocycles. The summed E-state index contributed by atoms with van der Waals surface area (Å²) in [5, 5.41) is 13.0. The zero-order valence-corrected chi connectivity index (χ0v) is 19.4. The van der Waals surface area contributed by atoms with Gasteiger partial charge in [0.15, 0.2) is 11.6 Å². The van der Waals surface area contributed by atoms with Crippen LogP contribution in [0.4, 0.5) is 0 Å². The Bertz CT molecular complexity index is 1180. The smallest absolute Gasteiger partial charge is 0.242 e. The number of hydrogen-bond acceptors (Lipinski definition) is 6. The third kappa shape index (κ3) is 5.81. The van der Waals surface area contributed by atoms with Crippen molar-refractivity contribution in [2.75, 3.05) is 0 Å². The lowest BCUT2D eigenvalue weighted by molar-refractivity contribution is -0.121. The SMILES string of the molecule is CCC(NS(=O)(=O)c1ccccc1Cl)C(=O)Cn1nnc(Cc2c(Cl)cccc2Cl)n1. The molecule has 0 amide bonds. The molecule has 0 saturated heterocycles. The molecule has 1 unspecified atom stereocenters. The summed E-state index contributed by atoms with van der Waals surface area (Å²) in [6, 6.07) is 10.2. The zero-order chi connectivity index (χ0) is 22.6. The molecule has 0 fully saturated rings. The van der Waals surface area contributed by atoms with Crippen LogP contribution in [0.1, 0.15) is 24.7 Å². The summed E-state index contributed by atoms with van der Waals surface area (Å²) in [7, 11) is -3.98. The van der Waals surface area contributed by atoms with Gasteiger partial charge < -0.3 is 0 Å². The summed E-state index contributed by atoms with van der Waals surface area (Å²) in [5.74, 6) is -0.0923. The minimum absolute atomic E-state index is 0.0677. The molecular weight excluding hydrogens is 485 g/mol. The van der Waals surface area contributed by atoms with E-state index < -0.39 is 21.8 Å². The second-order valence-corrected chi connectivity index (χ2v) is 9.50. The van der Waals surface area contributed by atoms with Crippen LogP contribution < -0.4 is 4.72 Å². The van der Waals surface area contributed by atoms with Crippen molar-refractivity contribution >= 4 is 50.6 Å². The van der Waals surface area contributed by atoms with Gasteiger partial charge in [0.2, 0.25) is 10.0 Å². The number of nitrogens with one attached hydrogen (secondary N) is 1. The van der Waals surface area contributed by atoms with Crippen molar-refractivity contribution in [2.45, 2.75) is 37.2 Å². The zero-order valence-electron chi connectivity index (χ0n) is 16.3. The number of hydrogen-bond donors (Lipinski definition) is 1. The van der Waals surface area contributed by atoms with Gasteiger partial charge in [-0.3, -0.25) is 4.79 Å². The Balaban J connectivity index is 1.70. The maximum absolute atomic E-state index is 12.7. The molecule has 0 spiro atoms. The van der Waals surface area contributed by atoms with E-state index in [0.717, 1.165) is 4.80 Å². The van der Waals surface area contributed by atoms with Gasteiger partial charge in [-0.05, 0) is 41.5 Å². The van der Waals surface area contributed by atoms with Crippen LogP contribution in [0.15, 0.2) is 47.4 Å². The number of carbonyl (C=O) groups is 1. The molecule has 1 atom stereocenters. The van der Waals surface area contributed by atoms with Gasteiger partial charge in [0.25, 0.3) is 0 Å². The molecule has 164 valence electrons. The highest BCUT2D eigenvalue weighted by atomic mass is 35.5. The number of sulfonamides is 1. The van der Waals surface area contributed by atoms with Gasteiger partial charge in [0.05, 0.1) is 11.1 Å². The third-order valence-corrected chi connectivity index (χ3v) is 7.09. The Labute approximate surface area is 194 Å². The molecule has 31 heavy (non-hydrogen) atoms. The van der Waals surface area contributed by atoms with Gasteiger partial charge in [-0.2, -0.15) is 4.80 Å². The first-order valence-corrected chi connectivity index (χ1v) is 11.8. The number of aromatic nitrogens is 4. The average molecular weight is 503 g/mol. The predicted molar refractivity (Wildman–Crippen MR) is 118 cm³/mol. The number of ketones is 1. The van der Waals surface area contributed by atoms with Crippen molar-refractivity contribution in [3.8, 4) is 0 Å². The molecule has 1 aromatic heterocycles. The summed E-state index contributed by atoms with van der Waals surface area (Å²) in [5.41, 5.74) is 0.649. The van der Waals surface area contributed by atoms with Gasteiger partial charge in [-0.15, -0.1) is 10.2 Å². The molecule has 0 aliphatic heterocycles.